The molecule has 3 heteroatoms. The molecule has 0 bridgehead atoms. The Labute approximate surface area is 140 Å². The minimum Gasteiger partial charge on any atom is -0.302 e. The van der Waals surface area contributed by atoms with Crippen LogP contribution in [0.25, 0.3) is 28.0 Å². The first-order valence-corrected chi connectivity index (χ1v) is 8.08. The van der Waals surface area contributed by atoms with Crippen molar-refractivity contribution in [3.8, 4) is 22.4 Å². The second-order valence-corrected chi connectivity index (χ2v) is 5.68. The Hall–Kier alpha value is -2.58. The highest BCUT2D eigenvalue weighted by Gasteiger charge is 2.12. The van der Waals surface area contributed by atoms with Gasteiger partial charge in [-0.3, -0.25) is 0 Å². The summed E-state index contributed by atoms with van der Waals surface area (Å²) < 4.78 is 2.05. The highest BCUT2D eigenvalue weighted by Crippen LogP contribution is 2.28. The van der Waals surface area contributed by atoms with Crippen LogP contribution in [0.1, 0.15) is 5.69 Å². The number of benzene rings is 2. The number of halogens is 1. The van der Waals surface area contributed by atoms with Crippen molar-refractivity contribution >= 4 is 17.2 Å². The smallest absolute Gasteiger partial charge is 0.137 e. The molecule has 0 N–H and O–H groups in total. The Balaban J connectivity index is 1.79. The van der Waals surface area contributed by atoms with E-state index in [0.29, 0.717) is 5.88 Å². The van der Waals surface area contributed by atoms with Crippen molar-refractivity contribution in [2.24, 2.45) is 0 Å². The zero-order valence-electron chi connectivity index (χ0n) is 12.5. The van der Waals surface area contributed by atoms with E-state index < -0.39 is 0 Å². The van der Waals surface area contributed by atoms with Crippen molar-refractivity contribution in [1.29, 1.82) is 0 Å². The third-order valence-corrected chi connectivity index (χ3v) is 4.27. The largest absolute Gasteiger partial charge is 0.302 e. The molecule has 2 aromatic heterocycles. The van der Waals surface area contributed by atoms with E-state index >= 15 is 0 Å². The summed E-state index contributed by atoms with van der Waals surface area (Å²) in [6, 6.07) is 24.8. The van der Waals surface area contributed by atoms with Gasteiger partial charge in [-0.25, -0.2) is 4.98 Å². The summed E-state index contributed by atoms with van der Waals surface area (Å²) in [7, 11) is 0. The molecule has 0 radical (unpaired) electrons. The predicted octanol–water partition coefficient (Wildman–Crippen LogP) is 5.41. The fourth-order valence-corrected chi connectivity index (χ4v) is 3.11. The van der Waals surface area contributed by atoms with Crippen LogP contribution in [0, 0.1) is 0 Å². The van der Waals surface area contributed by atoms with Crippen molar-refractivity contribution in [3.63, 3.8) is 0 Å². The van der Waals surface area contributed by atoms with Gasteiger partial charge in [0.25, 0.3) is 0 Å². The second-order valence-electron chi connectivity index (χ2n) is 5.41. The van der Waals surface area contributed by atoms with Crippen LogP contribution in [0.15, 0.2) is 79.0 Å². The highest BCUT2D eigenvalue weighted by atomic mass is 35.5. The Morgan fingerprint density at radius 2 is 1.39 bits per heavy atom. The zero-order chi connectivity index (χ0) is 15.6. The Morgan fingerprint density at radius 3 is 2.13 bits per heavy atom. The Bertz CT molecular complexity index is 940. The maximum Gasteiger partial charge on any atom is 0.137 e. The van der Waals surface area contributed by atoms with E-state index in [2.05, 4.69) is 48.5 Å². The lowest BCUT2D eigenvalue weighted by molar-refractivity contribution is 1.09. The third kappa shape index (κ3) is 2.51. The maximum absolute atomic E-state index is 6.17. The van der Waals surface area contributed by atoms with Crippen molar-refractivity contribution < 1.29 is 0 Å². The summed E-state index contributed by atoms with van der Waals surface area (Å²) in [4.78, 5) is 4.73. The molecular weight excluding hydrogens is 304 g/mol. The van der Waals surface area contributed by atoms with Crippen molar-refractivity contribution in [2.45, 2.75) is 5.88 Å². The van der Waals surface area contributed by atoms with E-state index in [1.807, 2.05) is 34.9 Å². The minimum atomic E-state index is 0.431. The lowest BCUT2D eigenvalue weighted by atomic mass is 10.0. The normalized spacial score (nSPS) is 11.0. The van der Waals surface area contributed by atoms with Gasteiger partial charge in [0, 0.05) is 11.8 Å². The molecule has 0 atom stereocenters. The summed E-state index contributed by atoms with van der Waals surface area (Å²) in [5.41, 5.74) is 6.40. The van der Waals surface area contributed by atoms with Gasteiger partial charge < -0.3 is 4.40 Å². The Kier molecular flexibility index (Phi) is 3.60. The molecule has 4 rings (SSSR count). The fourth-order valence-electron chi connectivity index (χ4n) is 2.86. The molecule has 2 heterocycles. The molecule has 0 fully saturated rings. The first-order chi connectivity index (χ1) is 11.4. The molecule has 2 aromatic carbocycles. The first kappa shape index (κ1) is 14.0. The Morgan fingerprint density at radius 1 is 0.739 bits per heavy atom. The second kappa shape index (κ2) is 5.90. The average Bonchev–Trinajstić information content (AvgIpc) is 3.01. The quantitative estimate of drug-likeness (QED) is 0.462. The van der Waals surface area contributed by atoms with Gasteiger partial charge in [0.1, 0.15) is 5.65 Å². The topological polar surface area (TPSA) is 17.3 Å². The standard InChI is InChI=1S/C20H15ClN2/c21-14-18-20(22-19-8-4-5-13-23(18)19)17-11-9-16(10-12-17)15-6-2-1-3-7-15/h1-13H,14H2. The van der Waals surface area contributed by atoms with E-state index in [0.717, 1.165) is 22.6 Å². The fraction of sp³-hybridized carbons (Fsp3) is 0.0500. The summed E-state index contributed by atoms with van der Waals surface area (Å²) in [5, 5.41) is 0. The third-order valence-electron chi connectivity index (χ3n) is 4.02. The number of imidazole rings is 1. The van der Waals surface area contributed by atoms with Crippen LogP contribution in [0.3, 0.4) is 0 Å². The summed E-state index contributed by atoms with van der Waals surface area (Å²) in [5.74, 6) is 0.431. The lowest BCUT2D eigenvalue weighted by Crippen LogP contribution is -1.90. The van der Waals surface area contributed by atoms with Crippen LogP contribution in [0.2, 0.25) is 0 Å². The number of aromatic nitrogens is 2. The van der Waals surface area contributed by atoms with Gasteiger partial charge in [-0.1, -0.05) is 60.7 Å². The van der Waals surface area contributed by atoms with Crippen LogP contribution in [-0.4, -0.2) is 9.38 Å². The van der Waals surface area contributed by atoms with Gasteiger partial charge in [0.05, 0.1) is 17.3 Å². The van der Waals surface area contributed by atoms with E-state index in [1.165, 1.54) is 11.1 Å². The molecule has 0 saturated carbocycles. The average molecular weight is 319 g/mol. The van der Waals surface area contributed by atoms with Crippen LogP contribution in [0.5, 0.6) is 0 Å². The number of fused-ring (bicyclic) bond motifs is 1. The SMILES string of the molecule is ClCc1c(-c2ccc(-c3ccccc3)cc2)nc2ccccn12. The van der Waals surface area contributed by atoms with Gasteiger partial charge >= 0.3 is 0 Å². The number of hydrogen-bond acceptors (Lipinski definition) is 1. The van der Waals surface area contributed by atoms with Crippen molar-refractivity contribution in [1.82, 2.24) is 9.38 Å². The predicted molar refractivity (Wildman–Crippen MR) is 95.6 cm³/mol. The van der Waals surface area contributed by atoms with Gasteiger partial charge in [0.2, 0.25) is 0 Å². The molecule has 112 valence electrons. The van der Waals surface area contributed by atoms with Crippen LogP contribution >= 0.6 is 11.6 Å². The summed E-state index contributed by atoms with van der Waals surface area (Å²) in [6.45, 7) is 0. The van der Waals surface area contributed by atoms with Crippen LogP contribution in [-0.2, 0) is 5.88 Å². The number of rotatable bonds is 3. The number of alkyl halides is 1. The molecule has 0 unspecified atom stereocenters. The van der Waals surface area contributed by atoms with E-state index in [-0.39, 0.29) is 0 Å². The molecule has 0 spiro atoms. The lowest BCUT2D eigenvalue weighted by Gasteiger charge is -2.04. The van der Waals surface area contributed by atoms with E-state index in [4.69, 9.17) is 16.6 Å². The molecular formula is C20H15ClN2. The highest BCUT2D eigenvalue weighted by molar-refractivity contribution is 6.17. The molecule has 4 aromatic rings. The van der Waals surface area contributed by atoms with Gasteiger partial charge in [-0.05, 0) is 23.3 Å². The molecule has 0 aliphatic heterocycles. The molecule has 2 nitrogen and oxygen atoms in total. The number of nitrogens with zero attached hydrogens (tertiary/aromatic N) is 2. The molecule has 0 aliphatic carbocycles. The summed E-state index contributed by atoms with van der Waals surface area (Å²) >= 11 is 6.17. The monoisotopic (exact) mass is 318 g/mol. The first-order valence-electron chi connectivity index (χ1n) is 7.54. The van der Waals surface area contributed by atoms with Crippen LogP contribution < -0.4 is 0 Å². The van der Waals surface area contributed by atoms with Crippen molar-refractivity contribution in [2.75, 3.05) is 0 Å². The van der Waals surface area contributed by atoms with Gasteiger partial charge in [0.15, 0.2) is 0 Å². The minimum absolute atomic E-state index is 0.431. The summed E-state index contributed by atoms with van der Waals surface area (Å²) in [6.07, 6.45) is 2.00. The van der Waals surface area contributed by atoms with Crippen molar-refractivity contribution in [3.05, 3.63) is 84.7 Å². The molecule has 0 amide bonds. The van der Waals surface area contributed by atoms with Crippen LogP contribution in [0.4, 0.5) is 0 Å². The molecule has 23 heavy (non-hydrogen) atoms. The molecule has 0 saturated heterocycles. The molecule has 0 aliphatic rings. The van der Waals surface area contributed by atoms with E-state index in [9.17, 15) is 0 Å². The zero-order valence-corrected chi connectivity index (χ0v) is 13.2. The van der Waals surface area contributed by atoms with Gasteiger partial charge in [-0.15, -0.1) is 11.6 Å². The maximum atomic E-state index is 6.17. The van der Waals surface area contributed by atoms with Gasteiger partial charge in [-0.2, -0.15) is 0 Å². The number of hydrogen-bond donors (Lipinski definition) is 0. The number of pyridine rings is 1. The van der Waals surface area contributed by atoms with E-state index in [1.54, 1.807) is 0 Å².